The largest absolute Gasteiger partial charge is 0.377 e. The van der Waals surface area contributed by atoms with Crippen LogP contribution in [-0.2, 0) is 4.74 Å². The maximum atomic E-state index is 5.62. The zero-order chi connectivity index (χ0) is 13.3. The van der Waals surface area contributed by atoms with Crippen LogP contribution in [0.5, 0.6) is 0 Å². The van der Waals surface area contributed by atoms with E-state index < -0.39 is 0 Å². The summed E-state index contributed by atoms with van der Waals surface area (Å²) in [5, 5.41) is 3.76. The average Bonchev–Trinajstić information content (AvgIpc) is 3.12. The van der Waals surface area contributed by atoms with E-state index in [1.165, 1.54) is 19.4 Å². The van der Waals surface area contributed by atoms with E-state index in [0.717, 1.165) is 19.0 Å². The first-order valence-corrected chi connectivity index (χ1v) is 7.45. The van der Waals surface area contributed by atoms with Gasteiger partial charge in [-0.05, 0) is 38.5 Å². The van der Waals surface area contributed by atoms with Crippen molar-refractivity contribution in [2.24, 2.45) is 11.8 Å². The Morgan fingerprint density at radius 2 is 2.00 bits per heavy atom. The van der Waals surface area contributed by atoms with E-state index in [1.54, 1.807) is 0 Å². The van der Waals surface area contributed by atoms with Crippen LogP contribution in [0.1, 0.15) is 40.5 Å². The fraction of sp³-hybridized carbons (Fsp3) is 1.00. The number of nitrogens with zero attached hydrogens (tertiary/aromatic N) is 1. The number of ether oxygens (including phenoxy) is 1. The van der Waals surface area contributed by atoms with Crippen molar-refractivity contribution >= 4 is 0 Å². The predicted molar refractivity (Wildman–Crippen MR) is 75.8 cm³/mol. The Bertz CT molecular complexity index is 274. The van der Waals surface area contributed by atoms with Gasteiger partial charge < -0.3 is 10.1 Å². The molecule has 2 unspecified atom stereocenters. The zero-order valence-electron chi connectivity index (χ0n) is 12.7. The Labute approximate surface area is 112 Å². The van der Waals surface area contributed by atoms with Gasteiger partial charge in [0.2, 0.25) is 0 Å². The van der Waals surface area contributed by atoms with Crippen LogP contribution in [0.4, 0.5) is 0 Å². The number of methoxy groups -OCH3 is 1. The molecule has 3 nitrogen and oxygen atoms in total. The van der Waals surface area contributed by atoms with E-state index in [1.807, 2.05) is 7.11 Å². The van der Waals surface area contributed by atoms with Crippen LogP contribution in [0, 0.1) is 11.8 Å². The molecule has 0 radical (unpaired) electrons. The molecule has 0 aromatic heterocycles. The van der Waals surface area contributed by atoms with Crippen LogP contribution in [0.2, 0.25) is 0 Å². The Kier molecular flexibility index (Phi) is 4.35. The molecule has 2 aliphatic rings. The third-order valence-corrected chi connectivity index (χ3v) is 4.59. The fourth-order valence-electron chi connectivity index (χ4n) is 3.06. The normalized spacial score (nSPS) is 31.0. The Morgan fingerprint density at radius 3 is 2.50 bits per heavy atom. The van der Waals surface area contributed by atoms with Gasteiger partial charge in [-0.15, -0.1) is 0 Å². The number of piperazine rings is 1. The van der Waals surface area contributed by atoms with Crippen molar-refractivity contribution in [3.63, 3.8) is 0 Å². The summed E-state index contributed by atoms with van der Waals surface area (Å²) in [4.78, 5) is 2.66. The molecule has 2 fully saturated rings. The molecule has 18 heavy (non-hydrogen) atoms. The predicted octanol–water partition coefficient (Wildman–Crippen LogP) is 2.12. The highest BCUT2D eigenvalue weighted by atomic mass is 16.5. The maximum absolute atomic E-state index is 5.62. The minimum absolute atomic E-state index is 0.0431. The summed E-state index contributed by atoms with van der Waals surface area (Å²) in [5.41, 5.74) is -0.0431. The van der Waals surface area contributed by atoms with Crippen molar-refractivity contribution < 1.29 is 4.74 Å². The lowest BCUT2D eigenvalue weighted by atomic mass is 9.95. The second-order valence-corrected chi connectivity index (χ2v) is 7.06. The molecular formula is C15H30N2O. The topological polar surface area (TPSA) is 24.5 Å². The molecule has 1 saturated heterocycles. The van der Waals surface area contributed by atoms with E-state index in [9.17, 15) is 0 Å². The molecule has 1 N–H and O–H groups in total. The van der Waals surface area contributed by atoms with Crippen LogP contribution in [-0.4, -0.2) is 49.3 Å². The van der Waals surface area contributed by atoms with Crippen molar-refractivity contribution in [2.45, 2.75) is 58.2 Å². The van der Waals surface area contributed by atoms with E-state index in [0.29, 0.717) is 18.0 Å². The Morgan fingerprint density at radius 1 is 1.33 bits per heavy atom. The summed E-state index contributed by atoms with van der Waals surface area (Å²) in [6.45, 7) is 12.4. The quantitative estimate of drug-likeness (QED) is 0.813. The van der Waals surface area contributed by atoms with Crippen LogP contribution in [0.15, 0.2) is 0 Å². The van der Waals surface area contributed by atoms with Gasteiger partial charge in [0.05, 0.1) is 5.60 Å². The average molecular weight is 254 g/mol. The monoisotopic (exact) mass is 254 g/mol. The maximum Gasteiger partial charge on any atom is 0.0749 e. The van der Waals surface area contributed by atoms with Crippen molar-refractivity contribution in [1.82, 2.24) is 10.2 Å². The summed E-state index contributed by atoms with van der Waals surface area (Å²) in [5.74, 6) is 1.64. The minimum Gasteiger partial charge on any atom is -0.377 e. The lowest BCUT2D eigenvalue weighted by molar-refractivity contribution is -0.0345. The fourth-order valence-corrected chi connectivity index (χ4v) is 3.06. The molecule has 0 amide bonds. The molecule has 0 bridgehead atoms. The first-order chi connectivity index (χ1) is 8.43. The Balaban J connectivity index is 1.99. The van der Waals surface area contributed by atoms with Crippen LogP contribution in [0.3, 0.4) is 0 Å². The molecule has 0 aromatic rings. The molecule has 0 aromatic carbocycles. The Hall–Kier alpha value is -0.120. The van der Waals surface area contributed by atoms with Gasteiger partial charge in [0.15, 0.2) is 0 Å². The van der Waals surface area contributed by atoms with E-state index >= 15 is 0 Å². The van der Waals surface area contributed by atoms with Crippen LogP contribution >= 0.6 is 0 Å². The van der Waals surface area contributed by atoms with Crippen molar-refractivity contribution in [1.29, 1.82) is 0 Å². The van der Waals surface area contributed by atoms with Crippen molar-refractivity contribution in [3.8, 4) is 0 Å². The summed E-state index contributed by atoms with van der Waals surface area (Å²) in [6.07, 6.45) is 2.84. The number of hydrogen-bond acceptors (Lipinski definition) is 3. The summed E-state index contributed by atoms with van der Waals surface area (Å²) in [6, 6.07) is 1.36. The first-order valence-electron chi connectivity index (χ1n) is 7.45. The van der Waals surface area contributed by atoms with Gasteiger partial charge in [0.1, 0.15) is 0 Å². The molecule has 3 heteroatoms. The van der Waals surface area contributed by atoms with Crippen LogP contribution in [0.25, 0.3) is 0 Å². The number of hydrogen-bond donors (Lipinski definition) is 1. The van der Waals surface area contributed by atoms with E-state index in [4.69, 9.17) is 4.74 Å². The summed E-state index contributed by atoms with van der Waals surface area (Å²) < 4.78 is 5.62. The molecule has 0 spiro atoms. The molecule has 106 valence electrons. The molecule has 2 atom stereocenters. The lowest BCUT2D eigenvalue weighted by Crippen LogP contribution is -2.61. The second kappa shape index (κ2) is 5.48. The third-order valence-electron chi connectivity index (χ3n) is 4.59. The molecule has 1 aliphatic carbocycles. The molecule has 1 saturated carbocycles. The number of nitrogens with one attached hydrogen (secondary N) is 1. The minimum atomic E-state index is -0.0431. The first kappa shape index (κ1) is 14.3. The van der Waals surface area contributed by atoms with Gasteiger partial charge in [0.25, 0.3) is 0 Å². The highest BCUT2D eigenvalue weighted by Crippen LogP contribution is 2.35. The van der Waals surface area contributed by atoms with Gasteiger partial charge in [-0.25, -0.2) is 0 Å². The third kappa shape index (κ3) is 3.46. The van der Waals surface area contributed by atoms with Gasteiger partial charge in [-0.2, -0.15) is 0 Å². The van der Waals surface area contributed by atoms with Gasteiger partial charge in [-0.1, -0.05) is 13.8 Å². The SMILES string of the molecule is COC(C)(C)CN1CC(C2CC2)NCC1C(C)C. The smallest absolute Gasteiger partial charge is 0.0749 e. The molecular weight excluding hydrogens is 224 g/mol. The standard InChI is InChI=1S/C15H30N2O/c1-11(2)14-8-16-13(12-6-7-12)9-17(14)10-15(3,4)18-5/h11-14,16H,6-10H2,1-5H3. The zero-order valence-corrected chi connectivity index (χ0v) is 12.7. The molecule has 1 heterocycles. The number of rotatable bonds is 5. The van der Waals surface area contributed by atoms with E-state index in [2.05, 4.69) is 37.9 Å². The van der Waals surface area contributed by atoms with Gasteiger partial charge in [-0.3, -0.25) is 4.90 Å². The lowest BCUT2D eigenvalue weighted by Gasteiger charge is -2.45. The van der Waals surface area contributed by atoms with Gasteiger partial charge in [0, 0.05) is 38.8 Å². The summed E-state index contributed by atoms with van der Waals surface area (Å²) >= 11 is 0. The van der Waals surface area contributed by atoms with Crippen molar-refractivity contribution in [3.05, 3.63) is 0 Å². The van der Waals surface area contributed by atoms with Crippen LogP contribution < -0.4 is 5.32 Å². The van der Waals surface area contributed by atoms with E-state index in [-0.39, 0.29) is 5.60 Å². The van der Waals surface area contributed by atoms with Gasteiger partial charge >= 0.3 is 0 Å². The molecule has 2 rings (SSSR count). The summed E-state index contributed by atoms with van der Waals surface area (Å²) in [7, 11) is 1.82. The highest BCUT2D eigenvalue weighted by molar-refractivity contribution is 4.96. The molecule has 1 aliphatic heterocycles. The second-order valence-electron chi connectivity index (χ2n) is 7.06. The van der Waals surface area contributed by atoms with Crippen molar-refractivity contribution in [2.75, 3.05) is 26.7 Å². The highest BCUT2D eigenvalue weighted by Gasteiger charge is 2.39.